The Bertz CT molecular complexity index is 511. The largest absolute Gasteiger partial charge is 0.293 e. The van der Waals surface area contributed by atoms with Crippen LogP contribution in [0, 0.1) is 22.7 Å². The van der Waals surface area contributed by atoms with Crippen molar-refractivity contribution >= 4 is 5.78 Å². The average Bonchev–Trinajstić information content (AvgIpc) is 2.36. The fourth-order valence-corrected chi connectivity index (χ4v) is 5.71. The zero-order chi connectivity index (χ0) is 13.1. The lowest BCUT2D eigenvalue weighted by atomic mass is 9.43. The number of hydrogen-bond donors (Lipinski definition) is 0. The molecule has 4 fully saturated rings. The molecule has 0 aliphatic heterocycles. The Morgan fingerprint density at radius 2 is 1.79 bits per heavy atom. The predicted molar refractivity (Wildman–Crippen MR) is 71.6 cm³/mol. The van der Waals surface area contributed by atoms with E-state index >= 15 is 0 Å². The Morgan fingerprint density at radius 3 is 2.37 bits per heavy atom. The second kappa shape index (κ2) is 3.65. The molecule has 0 amide bonds. The summed E-state index contributed by atoms with van der Waals surface area (Å²) in [6.07, 6.45) is 12.2. The Morgan fingerprint density at radius 1 is 1.16 bits per heavy atom. The van der Waals surface area contributed by atoms with Crippen LogP contribution < -0.4 is 0 Å². The Labute approximate surface area is 113 Å². The van der Waals surface area contributed by atoms with Crippen molar-refractivity contribution in [2.45, 2.75) is 45.4 Å². The first-order chi connectivity index (χ1) is 9.09. The first-order valence-corrected chi connectivity index (χ1v) is 7.39. The van der Waals surface area contributed by atoms with Crippen LogP contribution in [0.5, 0.6) is 0 Å². The number of aromatic nitrogens is 2. The lowest BCUT2D eigenvalue weighted by molar-refractivity contribution is -0.0820. The molecule has 1 heterocycles. The van der Waals surface area contributed by atoms with Crippen LogP contribution in [-0.4, -0.2) is 15.8 Å². The van der Waals surface area contributed by atoms with Gasteiger partial charge in [-0.05, 0) is 55.8 Å². The monoisotopic (exact) mass is 256 g/mol. The summed E-state index contributed by atoms with van der Waals surface area (Å²) in [4.78, 5) is 21.0. The zero-order valence-corrected chi connectivity index (χ0v) is 11.4. The third-order valence-electron chi connectivity index (χ3n) is 5.66. The normalized spacial score (nSPS) is 43.4. The van der Waals surface area contributed by atoms with E-state index in [1.54, 1.807) is 12.4 Å². The number of hydrogen-bond acceptors (Lipinski definition) is 3. The topological polar surface area (TPSA) is 42.9 Å². The molecule has 4 aliphatic rings. The van der Waals surface area contributed by atoms with Crippen LogP contribution in [0.3, 0.4) is 0 Å². The van der Waals surface area contributed by atoms with Gasteiger partial charge in [-0.1, -0.05) is 6.92 Å². The molecule has 19 heavy (non-hydrogen) atoms. The lowest BCUT2D eigenvalue weighted by Gasteiger charge is -2.60. The zero-order valence-electron chi connectivity index (χ0n) is 11.4. The van der Waals surface area contributed by atoms with Crippen molar-refractivity contribution in [2.24, 2.45) is 22.7 Å². The van der Waals surface area contributed by atoms with Gasteiger partial charge in [-0.25, -0.2) is 9.97 Å². The molecular formula is C16H20N2O. The molecule has 1 aromatic rings. The predicted octanol–water partition coefficient (Wildman–Crippen LogP) is 3.27. The molecule has 0 spiro atoms. The summed E-state index contributed by atoms with van der Waals surface area (Å²) in [5, 5.41) is 0. The molecule has 4 saturated carbocycles. The molecule has 2 atom stereocenters. The van der Waals surface area contributed by atoms with Gasteiger partial charge in [-0.15, -0.1) is 0 Å². The van der Waals surface area contributed by atoms with Crippen molar-refractivity contribution in [1.29, 1.82) is 0 Å². The van der Waals surface area contributed by atoms with Gasteiger partial charge in [0, 0.05) is 17.8 Å². The van der Waals surface area contributed by atoms with Crippen LogP contribution >= 0.6 is 0 Å². The summed E-state index contributed by atoms with van der Waals surface area (Å²) in [6, 6.07) is 0. The van der Waals surface area contributed by atoms with Gasteiger partial charge >= 0.3 is 0 Å². The van der Waals surface area contributed by atoms with Crippen molar-refractivity contribution in [3.63, 3.8) is 0 Å². The average molecular weight is 256 g/mol. The van der Waals surface area contributed by atoms with E-state index in [0.717, 1.165) is 31.1 Å². The minimum absolute atomic E-state index is 0.0937. The van der Waals surface area contributed by atoms with Crippen LogP contribution in [0.2, 0.25) is 0 Å². The fraction of sp³-hybridized carbons (Fsp3) is 0.688. The Kier molecular flexibility index (Phi) is 2.22. The van der Waals surface area contributed by atoms with E-state index in [1.807, 2.05) is 0 Å². The van der Waals surface area contributed by atoms with E-state index in [9.17, 15) is 4.79 Å². The quantitative estimate of drug-likeness (QED) is 0.763. The van der Waals surface area contributed by atoms with E-state index < -0.39 is 0 Å². The van der Waals surface area contributed by atoms with Gasteiger partial charge in [0.2, 0.25) is 0 Å². The number of rotatable bonds is 2. The number of nitrogens with zero attached hydrogens (tertiary/aromatic N) is 2. The van der Waals surface area contributed by atoms with Crippen LogP contribution in [0.15, 0.2) is 18.7 Å². The number of carbonyl (C=O) groups excluding carboxylic acids is 1. The standard InChI is InChI=1S/C16H20N2O/c1-15-3-11-2-12(4-15)6-16(5-11,9-15)14(19)13-7-17-10-18-8-13/h7-8,10-12H,2-6,9H2,1H3. The Hall–Kier alpha value is -1.25. The van der Waals surface area contributed by atoms with Crippen molar-refractivity contribution < 1.29 is 4.79 Å². The summed E-state index contributed by atoms with van der Waals surface area (Å²) in [7, 11) is 0. The number of ketones is 1. The SMILES string of the molecule is CC12CC3CC(C1)CC(C(=O)c1cncnc1)(C3)C2. The van der Waals surface area contributed by atoms with Crippen LogP contribution in [0.1, 0.15) is 55.8 Å². The molecule has 1 aromatic heterocycles. The first-order valence-electron chi connectivity index (χ1n) is 7.39. The van der Waals surface area contributed by atoms with Gasteiger partial charge in [0.15, 0.2) is 5.78 Å². The van der Waals surface area contributed by atoms with E-state index in [0.29, 0.717) is 16.8 Å². The van der Waals surface area contributed by atoms with Gasteiger partial charge < -0.3 is 0 Å². The van der Waals surface area contributed by atoms with Crippen molar-refractivity contribution in [2.75, 3.05) is 0 Å². The van der Waals surface area contributed by atoms with Crippen LogP contribution in [0.25, 0.3) is 0 Å². The maximum atomic E-state index is 13.0. The molecule has 5 rings (SSSR count). The fourth-order valence-electron chi connectivity index (χ4n) is 5.71. The van der Waals surface area contributed by atoms with Crippen molar-refractivity contribution in [3.8, 4) is 0 Å². The van der Waals surface area contributed by atoms with E-state index in [2.05, 4.69) is 16.9 Å². The highest BCUT2D eigenvalue weighted by molar-refractivity contribution is 6.00. The van der Waals surface area contributed by atoms with Gasteiger partial charge in [0.05, 0.1) is 5.56 Å². The van der Waals surface area contributed by atoms with E-state index in [-0.39, 0.29) is 5.41 Å². The molecule has 3 nitrogen and oxygen atoms in total. The Balaban J connectivity index is 1.72. The smallest absolute Gasteiger partial charge is 0.172 e. The lowest BCUT2D eigenvalue weighted by Crippen LogP contribution is -2.54. The molecule has 3 heteroatoms. The van der Waals surface area contributed by atoms with E-state index in [1.165, 1.54) is 25.6 Å². The summed E-state index contributed by atoms with van der Waals surface area (Å²) in [5.74, 6) is 1.87. The summed E-state index contributed by atoms with van der Waals surface area (Å²) >= 11 is 0. The van der Waals surface area contributed by atoms with Gasteiger partial charge in [0.25, 0.3) is 0 Å². The summed E-state index contributed by atoms with van der Waals surface area (Å²) < 4.78 is 0. The van der Waals surface area contributed by atoms with Gasteiger partial charge in [0.1, 0.15) is 6.33 Å². The van der Waals surface area contributed by atoms with Crippen LogP contribution in [0.4, 0.5) is 0 Å². The summed E-state index contributed by atoms with van der Waals surface area (Å²) in [6.45, 7) is 2.40. The minimum Gasteiger partial charge on any atom is -0.293 e. The van der Waals surface area contributed by atoms with Gasteiger partial charge in [-0.3, -0.25) is 4.79 Å². The highest BCUT2D eigenvalue weighted by atomic mass is 16.1. The highest BCUT2D eigenvalue weighted by Crippen LogP contribution is 2.65. The molecule has 0 radical (unpaired) electrons. The molecule has 100 valence electrons. The maximum absolute atomic E-state index is 13.0. The third-order valence-corrected chi connectivity index (χ3v) is 5.66. The van der Waals surface area contributed by atoms with Gasteiger partial charge in [-0.2, -0.15) is 0 Å². The minimum atomic E-state index is -0.0937. The molecule has 0 aromatic carbocycles. The summed E-state index contributed by atoms with van der Waals surface area (Å²) in [5.41, 5.74) is 1.03. The molecule has 4 bridgehead atoms. The first kappa shape index (κ1) is 11.6. The maximum Gasteiger partial charge on any atom is 0.172 e. The molecule has 0 N–H and O–H groups in total. The second-order valence-corrected chi connectivity index (χ2v) is 7.51. The van der Waals surface area contributed by atoms with E-state index in [4.69, 9.17) is 0 Å². The molecular weight excluding hydrogens is 236 g/mol. The third kappa shape index (κ3) is 1.67. The van der Waals surface area contributed by atoms with Crippen molar-refractivity contribution in [1.82, 2.24) is 9.97 Å². The highest BCUT2D eigenvalue weighted by Gasteiger charge is 2.58. The molecule has 0 saturated heterocycles. The molecule has 2 unspecified atom stereocenters. The second-order valence-electron chi connectivity index (χ2n) is 7.51. The van der Waals surface area contributed by atoms with Crippen molar-refractivity contribution in [3.05, 3.63) is 24.3 Å². The van der Waals surface area contributed by atoms with Crippen LogP contribution in [-0.2, 0) is 0 Å². The molecule has 4 aliphatic carbocycles. The number of carbonyl (C=O) groups is 1. The number of Topliss-reactive ketones (excluding diaryl/α,β-unsaturated/α-hetero) is 1.